The molecule has 2 aromatic carbocycles. The largest absolute Gasteiger partial charge is 0.493 e. The van der Waals surface area contributed by atoms with Crippen LogP contribution in [0.25, 0.3) is 0 Å². The Balaban J connectivity index is 2.16. The molecule has 0 saturated carbocycles. The molecule has 2 aromatic rings. The lowest BCUT2D eigenvalue weighted by atomic mass is 10.1. The van der Waals surface area contributed by atoms with Gasteiger partial charge in [-0.3, -0.25) is 4.90 Å². The van der Waals surface area contributed by atoms with Crippen LogP contribution < -0.4 is 9.47 Å². The van der Waals surface area contributed by atoms with Gasteiger partial charge in [-0.05, 0) is 24.7 Å². The van der Waals surface area contributed by atoms with Crippen molar-refractivity contribution in [3.05, 3.63) is 59.2 Å². The highest BCUT2D eigenvalue weighted by Gasteiger charge is 2.12. The molecule has 4 heteroatoms. The van der Waals surface area contributed by atoms with Gasteiger partial charge >= 0.3 is 0 Å². The number of hydrogen-bond acceptors (Lipinski definition) is 4. The third kappa shape index (κ3) is 3.57. The fourth-order valence-electron chi connectivity index (χ4n) is 2.48. The summed E-state index contributed by atoms with van der Waals surface area (Å²) in [4.78, 5) is 2.15. The van der Waals surface area contributed by atoms with Gasteiger partial charge in [0.2, 0.25) is 0 Å². The molecule has 0 saturated heterocycles. The zero-order chi connectivity index (χ0) is 15.9. The van der Waals surface area contributed by atoms with Gasteiger partial charge in [-0.1, -0.05) is 30.3 Å². The Bertz CT molecular complexity index is 677. The molecule has 0 N–H and O–H groups in total. The highest BCUT2D eigenvalue weighted by molar-refractivity contribution is 5.46. The minimum absolute atomic E-state index is 0.699. The molecule has 0 aliphatic heterocycles. The fourth-order valence-corrected chi connectivity index (χ4v) is 2.48. The van der Waals surface area contributed by atoms with E-state index in [9.17, 15) is 0 Å². The van der Waals surface area contributed by atoms with Crippen LogP contribution >= 0.6 is 0 Å². The minimum Gasteiger partial charge on any atom is -0.493 e. The second kappa shape index (κ2) is 7.48. The topological polar surface area (TPSA) is 45.5 Å². The Morgan fingerprint density at radius 1 is 0.955 bits per heavy atom. The number of rotatable bonds is 6. The number of benzene rings is 2. The average Bonchev–Trinajstić information content (AvgIpc) is 2.55. The molecular weight excluding hydrogens is 276 g/mol. The van der Waals surface area contributed by atoms with E-state index in [0.29, 0.717) is 18.7 Å². The van der Waals surface area contributed by atoms with E-state index < -0.39 is 0 Å². The maximum Gasteiger partial charge on any atom is 0.165 e. The molecule has 0 radical (unpaired) electrons. The zero-order valence-electron chi connectivity index (χ0n) is 13.2. The molecule has 0 unspecified atom stereocenters. The van der Waals surface area contributed by atoms with Gasteiger partial charge < -0.3 is 9.47 Å². The van der Waals surface area contributed by atoms with E-state index in [1.54, 1.807) is 14.2 Å². The van der Waals surface area contributed by atoms with Crippen LogP contribution in [0.15, 0.2) is 42.5 Å². The molecule has 2 rings (SSSR count). The molecule has 0 aliphatic rings. The number of methoxy groups -OCH3 is 2. The van der Waals surface area contributed by atoms with Crippen molar-refractivity contribution in [2.24, 2.45) is 0 Å². The fraction of sp³-hybridized carbons (Fsp3) is 0.278. The van der Waals surface area contributed by atoms with Crippen molar-refractivity contribution in [2.75, 3.05) is 21.3 Å². The molecule has 22 heavy (non-hydrogen) atoms. The van der Waals surface area contributed by atoms with Crippen molar-refractivity contribution in [3.63, 3.8) is 0 Å². The highest BCUT2D eigenvalue weighted by atomic mass is 16.5. The van der Waals surface area contributed by atoms with Crippen molar-refractivity contribution in [1.82, 2.24) is 4.90 Å². The lowest BCUT2D eigenvalue weighted by Gasteiger charge is -2.20. The number of para-hydroxylation sites is 1. The summed E-state index contributed by atoms with van der Waals surface area (Å²) in [6.45, 7) is 1.41. The molecule has 0 heterocycles. The summed E-state index contributed by atoms with van der Waals surface area (Å²) in [6, 6.07) is 15.8. The molecule has 0 spiro atoms. The van der Waals surface area contributed by atoms with Crippen molar-refractivity contribution >= 4 is 0 Å². The van der Waals surface area contributed by atoms with Gasteiger partial charge in [0.25, 0.3) is 0 Å². The van der Waals surface area contributed by atoms with E-state index in [0.717, 1.165) is 22.6 Å². The van der Waals surface area contributed by atoms with Crippen molar-refractivity contribution in [3.8, 4) is 17.6 Å². The smallest absolute Gasteiger partial charge is 0.165 e. The standard InChI is InChI=1S/C18H20N2O2/c1-20(12-15-8-5-4-7-14(15)11-19)13-16-9-6-10-17(21-2)18(16)22-3/h4-10H,12-13H2,1-3H3. The van der Waals surface area contributed by atoms with Crippen molar-refractivity contribution in [1.29, 1.82) is 5.26 Å². The van der Waals surface area contributed by atoms with E-state index in [-0.39, 0.29) is 0 Å². The van der Waals surface area contributed by atoms with E-state index in [1.807, 2.05) is 49.5 Å². The predicted octanol–water partition coefficient (Wildman–Crippen LogP) is 3.21. The third-order valence-electron chi connectivity index (χ3n) is 3.50. The van der Waals surface area contributed by atoms with Crippen molar-refractivity contribution in [2.45, 2.75) is 13.1 Å². The van der Waals surface area contributed by atoms with E-state index in [2.05, 4.69) is 11.0 Å². The van der Waals surface area contributed by atoms with E-state index in [4.69, 9.17) is 14.7 Å². The lowest BCUT2D eigenvalue weighted by Crippen LogP contribution is -2.18. The molecule has 114 valence electrons. The van der Waals surface area contributed by atoms with Gasteiger partial charge in [0, 0.05) is 18.7 Å². The van der Waals surface area contributed by atoms with Crippen LogP contribution in [-0.2, 0) is 13.1 Å². The second-order valence-electron chi connectivity index (χ2n) is 5.09. The van der Waals surface area contributed by atoms with Crippen LogP contribution in [0.3, 0.4) is 0 Å². The zero-order valence-corrected chi connectivity index (χ0v) is 13.2. The number of nitrogens with zero attached hydrogens (tertiary/aromatic N) is 2. The number of ether oxygens (including phenoxy) is 2. The SMILES string of the molecule is COc1cccc(CN(C)Cc2ccccc2C#N)c1OC. The van der Waals surface area contributed by atoms with Crippen LogP contribution in [-0.4, -0.2) is 26.2 Å². The maximum absolute atomic E-state index is 9.17. The number of hydrogen-bond donors (Lipinski definition) is 0. The first-order valence-electron chi connectivity index (χ1n) is 7.06. The molecule has 0 atom stereocenters. The summed E-state index contributed by atoms with van der Waals surface area (Å²) >= 11 is 0. The molecule has 0 aliphatic carbocycles. The number of nitriles is 1. The Hall–Kier alpha value is -2.51. The summed E-state index contributed by atoms with van der Waals surface area (Å²) in [5.41, 5.74) is 2.79. The third-order valence-corrected chi connectivity index (χ3v) is 3.50. The van der Waals surface area contributed by atoms with Gasteiger partial charge in [-0.15, -0.1) is 0 Å². The molecule has 0 amide bonds. The normalized spacial score (nSPS) is 10.3. The summed E-state index contributed by atoms with van der Waals surface area (Å²) in [5.74, 6) is 1.48. The van der Waals surface area contributed by atoms with Crippen LogP contribution in [0.2, 0.25) is 0 Å². The van der Waals surface area contributed by atoms with Crippen molar-refractivity contribution < 1.29 is 9.47 Å². The Labute approximate surface area is 131 Å². The summed E-state index contributed by atoms with van der Waals surface area (Å²) in [7, 11) is 5.30. The molecule has 0 fully saturated rings. The summed E-state index contributed by atoms with van der Waals surface area (Å²) in [6.07, 6.45) is 0. The van der Waals surface area contributed by atoms with E-state index in [1.165, 1.54) is 0 Å². The Morgan fingerprint density at radius 3 is 2.32 bits per heavy atom. The van der Waals surface area contributed by atoms with Gasteiger partial charge in [0.1, 0.15) is 0 Å². The minimum atomic E-state index is 0.699. The first-order valence-corrected chi connectivity index (χ1v) is 7.06. The first kappa shape index (κ1) is 15.9. The predicted molar refractivity (Wildman–Crippen MR) is 85.9 cm³/mol. The summed E-state index contributed by atoms with van der Waals surface area (Å²) in [5, 5.41) is 9.17. The van der Waals surface area contributed by atoms with Gasteiger partial charge in [0.05, 0.1) is 25.9 Å². The molecule has 0 bridgehead atoms. The molecule has 0 aromatic heterocycles. The maximum atomic E-state index is 9.17. The molecule has 4 nitrogen and oxygen atoms in total. The average molecular weight is 296 g/mol. The van der Waals surface area contributed by atoms with Gasteiger partial charge in [-0.2, -0.15) is 5.26 Å². The second-order valence-corrected chi connectivity index (χ2v) is 5.09. The van der Waals surface area contributed by atoms with Crippen LogP contribution in [0.5, 0.6) is 11.5 Å². The Morgan fingerprint density at radius 2 is 1.64 bits per heavy atom. The highest BCUT2D eigenvalue weighted by Crippen LogP contribution is 2.31. The van der Waals surface area contributed by atoms with Gasteiger partial charge in [-0.25, -0.2) is 0 Å². The quantitative estimate of drug-likeness (QED) is 0.821. The molecular formula is C18H20N2O2. The van der Waals surface area contributed by atoms with Crippen LogP contribution in [0.1, 0.15) is 16.7 Å². The van der Waals surface area contributed by atoms with E-state index >= 15 is 0 Å². The monoisotopic (exact) mass is 296 g/mol. The lowest BCUT2D eigenvalue weighted by molar-refractivity contribution is 0.303. The Kier molecular flexibility index (Phi) is 5.40. The van der Waals surface area contributed by atoms with Gasteiger partial charge in [0.15, 0.2) is 11.5 Å². The van der Waals surface area contributed by atoms with Crippen LogP contribution in [0.4, 0.5) is 0 Å². The summed E-state index contributed by atoms with van der Waals surface area (Å²) < 4.78 is 10.8. The van der Waals surface area contributed by atoms with Crippen LogP contribution in [0, 0.1) is 11.3 Å². The first-order chi connectivity index (χ1) is 10.7.